The van der Waals surface area contributed by atoms with E-state index in [1.165, 1.54) is 23.5 Å². The molecule has 1 heterocycles. The highest BCUT2D eigenvalue weighted by Crippen LogP contribution is 2.29. The molecule has 0 atom stereocenters. The molecule has 0 unspecified atom stereocenters. The zero-order valence-electron chi connectivity index (χ0n) is 16.4. The van der Waals surface area contributed by atoms with E-state index in [1.807, 2.05) is 24.3 Å². The molecule has 7 heteroatoms. The molecule has 0 fully saturated rings. The lowest BCUT2D eigenvalue weighted by Gasteiger charge is -2.08. The molecule has 6 nitrogen and oxygen atoms in total. The van der Waals surface area contributed by atoms with E-state index in [0.717, 1.165) is 9.79 Å². The number of nitrogens with one attached hydrogen (secondary N) is 1. The molecule has 0 bridgehead atoms. The zero-order chi connectivity index (χ0) is 20.8. The third-order valence-electron chi connectivity index (χ3n) is 4.18. The lowest BCUT2D eigenvalue weighted by atomic mass is 10.1. The summed E-state index contributed by atoms with van der Waals surface area (Å²) in [6.45, 7) is 5.55. The number of hydrogen-bond acceptors (Lipinski definition) is 6. The molecule has 1 N–H and O–H groups in total. The van der Waals surface area contributed by atoms with Crippen LogP contribution in [-0.4, -0.2) is 28.5 Å². The van der Waals surface area contributed by atoms with Crippen molar-refractivity contribution in [3.63, 3.8) is 0 Å². The van der Waals surface area contributed by atoms with Crippen LogP contribution in [0, 0.1) is 20.8 Å². The van der Waals surface area contributed by atoms with Crippen LogP contribution in [0.5, 0.6) is 0 Å². The highest BCUT2D eigenvalue weighted by molar-refractivity contribution is 7.99. The molecule has 29 heavy (non-hydrogen) atoms. The van der Waals surface area contributed by atoms with E-state index >= 15 is 0 Å². The number of ether oxygens (including phenoxy) is 1. The van der Waals surface area contributed by atoms with Gasteiger partial charge in [-0.05, 0) is 68.3 Å². The first-order valence-corrected chi connectivity index (χ1v) is 9.83. The number of anilines is 1. The molecule has 0 aliphatic rings. The van der Waals surface area contributed by atoms with Crippen LogP contribution in [0.1, 0.15) is 27.3 Å². The van der Waals surface area contributed by atoms with E-state index in [9.17, 15) is 9.59 Å². The number of rotatable bonds is 6. The van der Waals surface area contributed by atoms with Gasteiger partial charge in [0, 0.05) is 21.7 Å². The van der Waals surface area contributed by atoms with Gasteiger partial charge in [0.1, 0.15) is 0 Å². The molecule has 2 aromatic carbocycles. The van der Waals surface area contributed by atoms with E-state index in [4.69, 9.17) is 4.74 Å². The summed E-state index contributed by atoms with van der Waals surface area (Å²) in [6.07, 6.45) is 2.79. The first kappa shape index (κ1) is 20.5. The second-order valence-electron chi connectivity index (χ2n) is 6.54. The Bertz CT molecular complexity index is 1020. The van der Waals surface area contributed by atoms with Crippen LogP contribution in [-0.2, 0) is 9.53 Å². The summed E-state index contributed by atoms with van der Waals surface area (Å²) >= 11 is 1.66. The van der Waals surface area contributed by atoms with Crippen LogP contribution in [0.25, 0.3) is 0 Å². The lowest BCUT2D eigenvalue weighted by molar-refractivity contribution is -0.119. The molecule has 1 aromatic heterocycles. The maximum absolute atomic E-state index is 12.0. The Balaban J connectivity index is 1.51. The quantitative estimate of drug-likeness (QED) is 0.612. The van der Waals surface area contributed by atoms with Crippen LogP contribution >= 0.6 is 11.8 Å². The molecule has 0 aliphatic carbocycles. The average Bonchev–Trinajstić information content (AvgIpc) is 2.71. The van der Waals surface area contributed by atoms with Crippen LogP contribution in [0.3, 0.4) is 0 Å². The molecule has 0 spiro atoms. The summed E-state index contributed by atoms with van der Waals surface area (Å²) < 4.78 is 4.97. The van der Waals surface area contributed by atoms with Gasteiger partial charge in [-0.25, -0.2) is 9.78 Å². The Morgan fingerprint density at radius 1 is 0.931 bits per heavy atom. The predicted octanol–water partition coefficient (Wildman–Crippen LogP) is 4.35. The van der Waals surface area contributed by atoms with Crippen molar-refractivity contribution in [1.82, 2.24) is 9.97 Å². The van der Waals surface area contributed by atoms with Gasteiger partial charge in [0.25, 0.3) is 5.91 Å². The number of hydrogen-bond donors (Lipinski definition) is 1. The van der Waals surface area contributed by atoms with Crippen molar-refractivity contribution in [2.24, 2.45) is 0 Å². The van der Waals surface area contributed by atoms with Crippen LogP contribution < -0.4 is 5.32 Å². The van der Waals surface area contributed by atoms with E-state index in [-0.39, 0.29) is 5.69 Å². The van der Waals surface area contributed by atoms with Crippen molar-refractivity contribution in [3.8, 4) is 0 Å². The molecule has 1 amide bonds. The van der Waals surface area contributed by atoms with E-state index < -0.39 is 18.5 Å². The summed E-state index contributed by atoms with van der Waals surface area (Å²) in [5.74, 6) is -1.11. The van der Waals surface area contributed by atoms with Gasteiger partial charge in [-0.2, -0.15) is 0 Å². The van der Waals surface area contributed by atoms with Crippen LogP contribution in [0.4, 0.5) is 5.69 Å². The number of nitrogens with zero attached hydrogens (tertiary/aromatic N) is 2. The molecular weight excluding hydrogens is 386 g/mol. The number of benzene rings is 2. The van der Waals surface area contributed by atoms with Gasteiger partial charge < -0.3 is 10.1 Å². The number of amides is 1. The molecule has 3 aromatic rings. The molecule has 0 radical (unpaired) electrons. The summed E-state index contributed by atoms with van der Waals surface area (Å²) in [5, 5.41) is 2.70. The fraction of sp³-hybridized carbons (Fsp3) is 0.182. The minimum atomic E-state index is -0.687. The standard InChI is InChI=1S/C22H21N3O3S/c1-14-4-7-19(10-15(14)2)29-18-8-5-17(6-9-18)25-21(26)13-28-22(27)20-12-23-16(3)11-24-20/h4-12H,13H2,1-3H3,(H,25,26). The normalized spacial score (nSPS) is 10.4. The highest BCUT2D eigenvalue weighted by atomic mass is 32.2. The van der Waals surface area contributed by atoms with E-state index in [2.05, 4.69) is 47.3 Å². The monoisotopic (exact) mass is 407 g/mol. The van der Waals surface area contributed by atoms with Crippen molar-refractivity contribution >= 4 is 29.3 Å². The highest BCUT2D eigenvalue weighted by Gasteiger charge is 2.12. The fourth-order valence-corrected chi connectivity index (χ4v) is 3.34. The summed E-state index contributed by atoms with van der Waals surface area (Å²) in [5.41, 5.74) is 3.91. The van der Waals surface area contributed by atoms with Crippen molar-refractivity contribution in [2.75, 3.05) is 11.9 Å². The van der Waals surface area contributed by atoms with Crippen molar-refractivity contribution in [1.29, 1.82) is 0 Å². The minimum absolute atomic E-state index is 0.0659. The van der Waals surface area contributed by atoms with Crippen LogP contribution in [0.15, 0.2) is 64.6 Å². The number of aromatic nitrogens is 2. The topological polar surface area (TPSA) is 81.2 Å². The lowest BCUT2D eigenvalue weighted by Crippen LogP contribution is -2.21. The molecule has 148 valence electrons. The van der Waals surface area contributed by atoms with Gasteiger partial charge in [0.2, 0.25) is 0 Å². The van der Waals surface area contributed by atoms with Gasteiger partial charge in [0.05, 0.1) is 11.9 Å². The Labute approximate surface area is 173 Å². The van der Waals surface area contributed by atoms with Gasteiger partial charge in [-0.1, -0.05) is 17.8 Å². The number of aryl methyl sites for hydroxylation is 3. The summed E-state index contributed by atoms with van der Waals surface area (Å²) in [4.78, 5) is 34.0. The van der Waals surface area contributed by atoms with E-state index in [0.29, 0.717) is 11.4 Å². The Morgan fingerprint density at radius 3 is 2.31 bits per heavy atom. The first-order valence-electron chi connectivity index (χ1n) is 9.01. The van der Waals surface area contributed by atoms with Crippen molar-refractivity contribution in [2.45, 2.75) is 30.6 Å². The van der Waals surface area contributed by atoms with Crippen molar-refractivity contribution in [3.05, 3.63) is 77.4 Å². The summed E-state index contributed by atoms with van der Waals surface area (Å²) in [6, 6.07) is 13.9. The fourth-order valence-electron chi connectivity index (χ4n) is 2.42. The molecular formula is C22H21N3O3S. The van der Waals surface area contributed by atoms with Gasteiger partial charge in [-0.3, -0.25) is 9.78 Å². The number of esters is 1. The maximum Gasteiger partial charge on any atom is 0.359 e. The number of carbonyl (C=O) groups excluding carboxylic acids is 2. The third-order valence-corrected chi connectivity index (χ3v) is 5.17. The Morgan fingerprint density at radius 2 is 1.66 bits per heavy atom. The minimum Gasteiger partial charge on any atom is -0.451 e. The second kappa shape index (κ2) is 9.34. The average molecular weight is 407 g/mol. The molecule has 0 aliphatic heterocycles. The maximum atomic E-state index is 12.0. The molecule has 0 saturated carbocycles. The van der Waals surface area contributed by atoms with Gasteiger partial charge in [0.15, 0.2) is 12.3 Å². The van der Waals surface area contributed by atoms with Gasteiger partial charge in [-0.15, -0.1) is 0 Å². The zero-order valence-corrected chi connectivity index (χ0v) is 17.2. The molecule has 0 saturated heterocycles. The Kier molecular flexibility index (Phi) is 6.61. The largest absolute Gasteiger partial charge is 0.451 e. The third kappa shape index (κ3) is 5.89. The first-order chi connectivity index (χ1) is 13.9. The smallest absolute Gasteiger partial charge is 0.359 e. The van der Waals surface area contributed by atoms with Crippen LogP contribution in [0.2, 0.25) is 0 Å². The van der Waals surface area contributed by atoms with Gasteiger partial charge >= 0.3 is 5.97 Å². The second-order valence-corrected chi connectivity index (χ2v) is 7.69. The number of carbonyl (C=O) groups is 2. The summed E-state index contributed by atoms with van der Waals surface area (Å²) in [7, 11) is 0. The van der Waals surface area contributed by atoms with E-state index in [1.54, 1.807) is 18.7 Å². The Hall–Kier alpha value is -3.19. The van der Waals surface area contributed by atoms with Crippen molar-refractivity contribution < 1.29 is 14.3 Å². The molecule has 3 rings (SSSR count). The predicted molar refractivity (Wildman–Crippen MR) is 112 cm³/mol. The SMILES string of the molecule is Cc1cnc(C(=O)OCC(=O)Nc2ccc(Sc3ccc(C)c(C)c3)cc2)cn1.